The molecule has 0 heterocycles. The topological polar surface area (TPSA) is 74.7 Å². The molecule has 0 radical (unpaired) electrons. The van der Waals surface area contributed by atoms with Crippen LogP contribution in [0.2, 0.25) is 10.0 Å². The van der Waals surface area contributed by atoms with Crippen LogP contribution in [-0.4, -0.2) is 37.4 Å². The van der Waals surface area contributed by atoms with Crippen LogP contribution in [0.15, 0.2) is 17.0 Å². The fourth-order valence-electron chi connectivity index (χ4n) is 1.69. The average molecular weight is 340 g/mol. The van der Waals surface area contributed by atoms with Gasteiger partial charge in [0.25, 0.3) is 0 Å². The van der Waals surface area contributed by atoms with Crippen molar-refractivity contribution in [2.24, 2.45) is 5.92 Å². The van der Waals surface area contributed by atoms with E-state index in [1.807, 2.05) is 13.8 Å². The first-order valence-electron chi connectivity index (χ1n) is 5.76. The van der Waals surface area contributed by atoms with Gasteiger partial charge in [-0.25, -0.2) is 17.5 Å². The molecule has 0 amide bonds. The zero-order valence-corrected chi connectivity index (χ0v) is 13.6. The Labute approximate surface area is 128 Å². The van der Waals surface area contributed by atoms with Crippen LogP contribution in [0.5, 0.6) is 0 Å². The van der Waals surface area contributed by atoms with Gasteiger partial charge in [-0.3, -0.25) is 0 Å². The molecule has 0 aliphatic carbocycles. The summed E-state index contributed by atoms with van der Waals surface area (Å²) in [6, 6.07) is 2.27. The van der Waals surface area contributed by atoms with E-state index in [4.69, 9.17) is 28.3 Å². The highest BCUT2D eigenvalue weighted by Gasteiger charge is 2.27. The predicted octanol–water partition coefficient (Wildman–Crippen LogP) is 2.97. The maximum Gasteiger partial charge on any atom is 0.337 e. The summed E-state index contributed by atoms with van der Waals surface area (Å²) < 4.78 is 25.9. The summed E-state index contributed by atoms with van der Waals surface area (Å²) in [5, 5.41) is 8.68. The molecular formula is C12H15Cl2NO4S. The molecule has 0 spiro atoms. The van der Waals surface area contributed by atoms with Gasteiger partial charge in [-0.2, -0.15) is 0 Å². The van der Waals surface area contributed by atoms with E-state index in [2.05, 4.69) is 0 Å². The number of sulfonamides is 1. The molecule has 1 N–H and O–H groups in total. The van der Waals surface area contributed by atoms with E-state index in [9.17, 15) is 13.2 Å². The van der Waals surface area contributed by atoms with Crippen molar-refractivity contribution in [3.63, 3.8) is 0 Å². The molecular weight excluding hydrogens is 325 g/mol. The van der Waals surface area contributed by atoms with Gasteiger partial charge in [-0.05, 0) is 18.1 Å². The Morgan fingerprint density at radius 2 is 1.90 bits per heavy atom. The van der Waals surface area contributed by atoms with Gasteiger partial charge in [0.1, 0.15) is 4.90 Å². The molecule has 1 aromatic rings. The van der Waals surface area contributed by atoms with Crippen molar-refractivity contribution in [3.05, 3.63) is 27.7 Å². The first-order valence-corrected chi connectivity index (χ1v) is 7.95. The average Bonchev–Trinajstić information content (AvgIpc) is 2.30. The highest BCUT2D eigenvalue weighted by molar-refractivity contribution is 7.89. The third-order valence-corrected chi connectivity index (χ3v) is 5.13. The van der Waals surface area contributed by atoms with Gasteiger partial charge in [-0.1, -0.05) is 37.0 Å². The maximum atomic E-state index is 12.4. The van der Waals surface area contributed by atoms with Crippen molar-refractivity contribution < 1.29 is 18.3 Å². The van der Waals surface area contributed by atoms with Gasteiger partial charge in [0.2, 0.25) is 10.0 Å². The Balaban J connectivity index is 3.43. The van der Waals surface area contributed by atoms with Gasteiger partial charge >= 0.3 is 5.97 Å². The molecule has 0 aliphatic heterocycles. The predicted molar refractivity (Wildman–Crippen MR) is 78.1 cm³/mol. The monoisotopic (exact) mass is 339 g/mol. The molecule has 0 fully saturated rings. The molecule has 20 heavy (non-hydrogen) atoms. The zero-order chi connectivity index (χ0) is 15.7. The second kappa shape index (κ2) is 6.30. The van der Waals surface area contributed by atoms with Gasteiger partial charge in [0.15, 0.2) is 0 Å². The smallest absolute Gasteiger partial charge is 0.337 e. The van der Waals surface area contributed by atoms with E-state index in [1.165, 1.54) is 7.05 Å². The molecule has 1 aromatic carbocycles. The molecule has 0 saturated heterocycles. The summed E-state index contributed by atoms with van der Waals surface area (Å²) in [5.74, 6) is -1.22. The van der Waals surface area contributed by atoms with Crippen LogP contribution in [-0.2, 0) is 10.0 Å². The van der Waals surface area contributed by atoms with Crippen LogP contribution in [0.3, 0.4) is 0 Å². The van der Waals surface area contributed by atoms with E-state index in [0.717, 1.165) is 16.4 Å². The van der Waals surface area contributed by atoms with Crippen molar-refractivity contribution in [1.82, 2.24) is 4.31 Å². The second-order valence-electron chi connectivity index (χ2n) is 4.75. The van der Waals surface area contributed by atoms with Crippen LogP contribution < -0.4 is 0 Å². The van der Waals surface area contributed by atoms with Gasteiger partial charge in [0.05, 0.1) is 10.6 Å². The number of rotatable bonds is 5. The standard InChI is InChI=1S/C12H15Cl2NO4S/c1-7(2)6-15(3)20(18,19)10-5-8(13)4-9(11(10)14)12(16)17/h4-5,7H,6H2,1-3H3,(H,16,17). The van der Waals surface area contributed by atoms with Crippen molar-refractivity contribution >= 4 is 39.2 Å². The Bertz CT molecular complexity index is 629. The molecule has 0 atom stereocenters. The minimum absolute atomic E-state index is 0.00308. The third kappa shape index (κ3) is 3.63. The van der Waals surface area contributed by atoms with E-state index in [-0.39, 0.29) is 33.0 Å². The Kier molecular flexibility index (Phi) is 5.43. The van der Waals surface area contributed by atoms with Crippen molar-refractivity contribution in [2.75, 3.05) is 13.6 Å². The minimum atomic E-state index is -3.89. The van der Waals surface area contributed by atoms with E-state index in [1.54, 1.807) is 0 Å². The lowest BCUT2D eigenvalue weighted by Crippen LogP contribution is -2.30. The number of nitrogens with zero attached hydrogens (tertiary/aromatic N) is 1. The minimum Gasteiger partial charge on any atom is -0.478 e. The first kappa shape index (κ1) is 17.2. The van der Waals surface area contributed by atoms with Crippen molar-refractivity contribution in [3.8, 4) is 0 Å². The summed E-state index contributed by atoms with van der Waals surface area (Å²) in [5.41, 5.74) is -0.337. The van der Waals surface area contributed by atoms with Crippen LogP contribution in [0.25, 0.3) is 0 Å². The highest BCUT2D eigenvalue weighted by Crippen LogP contribution is 2.31. The first-order chi connectivity index (χ1) is 9.07. The molecule has 0 bridgehead atoms. The third-order valence-electron chi connectivity index (χ3n) is 2.54. The second-order valence-corrected chi connectivity index (χ2v) is 7.58. The van der Waals surface area contributed by atoms with E-state index < -0.39 is 16.0 Å². The summed E-state index contributed by atoms with van der Waals surface area (Å²) in [6.45, 7) is 4.02. The van der Waals surface area contributed by atoms with Crippen molar-refractivity contribution in [1.29, 1.82) is 0 Å². The van der Waals surface area contributed by atoms with Gasteiger partial charge in [0, 0.05) is 18.6 Å². The summed E-state index contributed by atoms with van der Waals surface area (Å²) in [4.78, 5) is 10.8. The number of carboxylic acid groups (broad SMARTS) is 1. The molecule has 0 aliphatic rings. The Morgan fingerprint density at radius 1 is 1.35 bits per heavy atom. The number of benzene rings is 1. The zero-order valence-electron chi connectivity index (χ0n) is 11.2. The van der Waals surface area contributed by atoms with Crippen molar-refractivity contribution in [2.45, 2.75) is 18.7 Å². The lowest BCUT2D eigenvalue weighted by molar-refractivity contribution is 0.0697. The normalized spacial score (nSPS) is 12.2. The largest absolute Gasteiger partial charge is 0.478 e. The number of hydrogen-bond acceptors (Lipinski definition) is 3. The summed E-state index contributed by atoms with van der Waals surface area (Å²) >= 11 is 11.7. The molecule has 0 aromatic heterocycles. The quantitative estimate of drug-likeness (QED) is 0.894. The van der Waals surface area contributed by atoms with Crippen LogP contribution >= 0.6 is 23.2 Å². The molecule has 5 nitrogen and oxygen atoms in total. The number of aromatic carboxylic acids is 1. The number of carbonyl (C=O) groups is 1. The molecule has 0 saturated carbocycles. The van der Waals surface area contributed by atoms with E-state index >= 15 is 0 Å². The summed E-state index contributed by atoms with van der Waals surface area (Å²) in [6.07, 6.45) is 0. The summed E-state index contributed by atoms with van der Waals surface area (Å²) in [7, 11) is -2.48. The number of hydrogen-bond donors (Lipinski definition) is 1. The number of halogens is 2. The van der Waals surface area contributed by atoms with Gasteiger partial charge in [-0.15, -0.1) is 0 Å². The molecule has 1 rings (SSSR count). The fourth-order valence-corrected chi connectivity index (χ4v) is 3.90. The fraction of sp³-hybridized carbons (Fsp3) is 0.417. The van der Waals surface area contributed by atoms with Crippen LogP contribution in [0, 0.1) is 5.92 Å². The van der Waals surface area contributed by atoms with E-state index in [0.29, 0.717) is 0 Å². The lowest BCUT2D eigenvalue weighted by Gasteiger charge is -2.20. The molecule has 0 unspecified atom stereocenters. The Hall–Kier alpha value is -0.820. The van der Waals surface area contributed by atoms with Gasteiger partial charge < -0.3 is 5.11 Å². The maximum absolute atomic E-state index is 12.4. The highest BCUT2D eigenvalue weighted by atomic mass is 35.5. The number of carboxylic acids is 1. The Morgan fingerprint density at radius 3 is 2.35 bits per heavy atom. The SMILES string of the molecule is CC(C)CN(C)S(=O)(=O)c1cc(Cl)cc(C(=O)O)c1Cl. The van der Waals surface area contributed by atoms with Crippen LogP contribution in [0.1, 0.15) is 24.2 Å². The molecule has 112 valence electrons. The molecule has 8 heteroatoms. The lowest BCUT2D eigenvalue weighted by atomic mass is 10.2. The van der Waals surface area contributed by atoms with Crippen LogP contribution in [0.4, 0.5) is 0 Å².